The van der Waals surface area contributed by atoms with E-state index in [1.54, 1.807) is 0 Å². The van der Waals surface area contributed by atoms with Gasteiger partial charge < -0.3 is 14.8 Å². The summed E-state index contributed by atoms with van der Waals surface area (Å²) < 4.78 is 116. The number of benzene rings is 2. The lowest BCUT2D eigenvalue weighted by atomic mass is 10.1. The van der Waals surface area contributed by atoms with Crippen LogP contribution in [0.15, 0.2) is 41.3 Å². The molecular weight excluding hydrogens is 494 g/mol. The van der Waals surface area contributed by atoms with Gasteiger partial charge in [0.25, 0.3) is 5.91 Å². The number of morpholine rings is 1. The number of nitrogens with zero attached hydrogens (tertiary/aromatic N) is 1. The van der Waals surface area contributed by atoms with Crippen molar-refractivity contribution in [3.63, 3.8) is 0 Å². The minimum absolute atomic E-state index is 0.0698. The number of carbonyl (C=O) groups excluding carboxylic acids is 1. The van der Waals surface area contributed by atoms with E-state index < -0.39 is 50.7 Å². The van der Waals surface area contributed by atoms with Crippen LogP contribution in [0, 0.1) is 0 Å². The molecule has 0 unspecified atom stereocenters. The monoisotopic (exact) mass is 512 g/mol. The van der Waals surface area contributed by atoms with E-state index in [2.05, 4.69) is 0 Å². The molecule has 2 aromatic rings. The second-order valence-electron chi connectivity index (χ2n) is 7.13. The average Bonchev–Trinajstić information content (AvgIpc) is 2.77. The minimum atomic E-state index is -5.11. The van der Waals surface area contributed by atoms with E-state index >= 15 is 0 Å². The lowest BCUT2D eigenvalue weighted by Crippen LogP contribution is -2.40. The van der Waals surface area contributed by atoms with Gasteiger partial charge >= 0.3 is 12.4 Å². The third kappa shape index (κ3) is 5.62. The Balaban J connectivity index is 1.99. The van der Waals surface area contributed by atoms with E-state index in [9.17, 15) is 39.6 Å². The van der Waals surface area contributed by atoms with Crippen molar-refractivity contribution in [3.8, 4) is 5.75 Å². The summed E-state index contributed by atoms with van der Waals surface area (Å²) in [6.07, 6.45) is -10.2. The molecule has 186 valence electrons. The second kappa shape index (κ2) is 9.43. The smallest absolute Gasteiger partial charge is 0.416 e. The Morgan fingerprint density at radius 2 is 1.53 bits per heavy atom. The van der Waals surface area contributed by atoms with Gasteiger partial charge in [-0.2, -0.15) is 30.6 Å². The van der Waals surface area contributed by atoms with E-state index in [1.807, 2.05) is 5.32 Å². The van der Waals surface area contributed by atoms with Gasteiger partial charge in [0, 0.05) is 18.8 Å². The molecule has 0 radical (unpaired) electrons. The number of amides is 1. The number of rotatable bonds is 5. The average molecular weight is 512 g/mol. The lowest BCUT2D eigenvalue weighted by molar-refractivity contribution is -0.143. The van der Waals surface area contributed by atoms with Gasteiger partial charge in [-0.15, -0.1) is 0 Å². The number of hydrogen-bond donors (Lipinski definition) is 1. The number of carbonyl (C=O) groups is 1. The number of halogens is 6. The van der Waals surface area contributed by atoms with Gasteiger partial charge in [0.2, 0.25) is 10.0 Å². The number of hydrogen-bond acceptors (Lipinski definition) is 5. The summed E-state index contributed by atoms with van der Waals surface area (Å²) in [5, 5.41) is 1.97. The molecule has 0 bridgehead atoms. The Morgan fingerprint density at radius 3 is 2.03 bits per heavy atom. The van der Waals surface area contributed by atoms with Crippen molar-refractivity contribution >= 4 is 21.6 Å². The maximum atomic E-state index is 13.1. The first-order valence-electron chi connectivity index (χ1n) is 9.60. The number of alkyl halides is 6. The first kappa shape index (κ1) is 25.8. The van der Waals surface area contributed by atoms with Crippen molar-refractivity contribution < 1.29 is 49.0 Å². The Hall–Kier alpha value is -2.84. The number of nitrogens with one attached hydrogen (secondary N) is 1. The molecule has 0 aromatic heterocycles. The Kier molecular flexibility index (Phi) is 7.15. The highest BCUT2D eigenvalue weighted by molar-refractivity contribution is 7.89. The molecular formula is C20H18F6N2O5S. The molecule has 7 nitrogen and oxygen atoms in total. The molecule has 0 saturated carbocycles. The molecule has 14 heteroatoms. The highest BCUT2D eigenvalue weighted by atomic mass is 32.2. The number of ether oxygens (including phenoxy) is 2. The standard InChI is InChI=1S/C20H18F6N2O5S/c1-32-17-3-2-15(34(30,31)28-4-6-33-7-5-28)11-16(17)18(29)27-14-9-12(19(21,22)23)8-13(10-14)20(24,25)26/h2-3,8-11H,4-7H2,1H3,(H,27,29). The van der Waals surface area contributed by atoms with Gasteiger partial charge in [-0.3, -0.25) is 4.79 Å². The van der Waals surface area contributed by atoms with Crippen LogP contribution in [0.4, 0.5) is 32.0 Å². The highest BCUT2D eigenvalue weighted by Crippen LogP contribution is 2.38. The normalized spacial score (nSPS) is 15.7. The summed E-state index contributed by atoms with van der Waals surface area (Å²) in [5.41, 5.74) is -4.42. The third-order valence-corrected chi connectivity index (χ3v) is 6.76. The molecule has 1 N–H and O–H groups in total. The summed E-state index contributed by atoms with van der Waals surface area (Å²) in [6, 6.07) is 3.88. The fourth-order valence-corrected chi connectivity index (χ4v) is 4.62. The first-order chi connectivity index (χ1) is 15.7. The number of methoxy groups -OCH3 is 1. The topological polar surface area (TPSA) is 84.9 Å². The lowest BCUT2D eigenvalue weighted by Gasteiger charge is -2.26. The van der Waals surface area contributed by atoms with E-state index in [0.717, 1.165) is 23.5 Å². The van der Waals surface area contributed by atoms with Crippen LogP contribution in [0.25, 0.3) is 0 Å². The summed E-state index contributed by atoms with van der Waals surface area (Å²) >= 11 is 0. The van der Waals surface area contributed by atoms with Crippen LogP contribution in [0.1, 0.15) is 21.5 Å². The zero-order valence-corrected chi connectivity index (χ0v) is 18.3. The molecule has 0 atom stereocenters. The van der Waals surface area contributed by atoms with Crippen LogP contribution in [-0.4, -0.2) is 52.0 Å². The van der Waals surface area contributed by atoms with E-state index in [1.165, 1.54) is 6.07 Å². The number of anilines is 1. The second-order valence-corrected chi connectivity index (χ2v) is 9.07. The van der Waals surface area contributed by atoms with Crippen LogP contribution in [-0.2, 0) is 27.1 Å². The molecule has 1 fully saturated rings. The van der Waals surface area contributed by atoms with Crippen molar-refractivity contribution in [1.82, 2.24) is 4.31 Å². The van der Waals surface area contributed by atoms with Crippen molar-refractivity contribution in [2.75, 3.05) is 38.7 Å². The zero-order valence-electron chi connectivity index (χ0n) is 17.5. The van der Waals surface area contributed by atoms with Crippen molar-refractivity contribution in [2.45, 2.75) is 17.2 Å². The van der Waals surface area contributed by atoms with Crippen LogP contribution in [0.5, 0.6) is 5.75 Å². The fourth-order valence-electron chi connectivity index (χ4n) is 3.19. The molecule has 34 heavy (non-hydrogen) atoms. The summed E-state index contributed by atoms with van der Waals surface area (Å²) in [7, 11) is -2.89. The molecule has 1 aliphatic rings. The van der Waals surface area contributed by atoms with E-state index in [-0.39, 0.29) is 43.0 Å². The summed E-state index contributed by atoms with van der Waals surface area (Å²) in [6.45, 7) is 0.473. The molecule has 0 aliphatic carbocycles. The van der Waals surface area contributed by atoms with Crippen molar-refractivity contribution in [1.29, 1.82) is 0 Å². The maximum Gasteiger partial charge on any atom is 0.416 e. The molecule has 3 rings (SSSR count). The molecule has 1 saturated heterocycles. The van der Waals surface area contributed by atoms with Crippen LogP contribution >= 0.6 is 0 Å². The zero-order chi connectivity index (χ0) is 25.3. The Morgan fingerprint density at radius 1 is 0.971 bits per heavy atom. The molecule has 2 aromatic carbocycles. The first-order valence-corrected chi connectivity index (χ1v) is 11.0. The van der Waals surface area contributed by atoms with Crippen LogP contribution in [0.3, 0.4) is 0 Å². The summed E-state index contributed by atoms with van der Waals surface area (Å²) in [5.74, 6) is -1.30. The Labute approximate surface area is 190 Å². The summed E-state index contributed by atoms with van der Waals surface area (Å²) in [4.78, 5) is 12.5. The van der Waals surface area contributed by atoms with Crippen molar-refractivity contribution in [3.05, 3.63) is 53.1 Å². The van der Waals surface area contributed by atoms with Gasteiger partial charge in [-0.1, -0.05) is 0 Å². The van der Waals surface area contributed by atoms with Gasteiger partial charge in [-0.05, 0) is 36.4 Å². The van der Waals surface area contributed by atoms with Gasteiger partial charge in [-0.25, -0.2) is 8.42 Å². The van der Waals surface area contributed by atoms with Gasteiger partial charge in [0.1, 0.15) is 5.75 Å². The largest absolute Gasteiger partial charge is 0.496 e. The molecule has 1 aliphatic heterocycles. The number of sulfonamides is 1. The molecule has 1 heterocycles. The predicted molar refractivity (Wildman–Crippen MR) is 107 cm³/mol. The van der Waals surface area contributed by atoms with Gasteiger partial charge in [0.05, 0.1) is 41.9 Å². The minimum Gasteiger partial charge on any atom is -0.496 e. The molecule has 0 spiro atoms. The third-order valence-electron chi connectivity index (χ3n) is 4.87. The van der Waals surface area contributed by atoms with Crippen LogP contribution in [0.2, 0.25) is 0 Å². The fraction of sp³-hybridized carbons (Fsp3) is 0.350. The van der Waals surface area contributed by atoms with E-state index in [0.29, 0.717) is 12.1 Å². The SMILES string of the molecule is COc1ccc(S(=O)(=O)N2CCOCC2)cc1C(=O)Nc1cc(C(F)(F)F)cc(C(F)(F)F)c1. The maximum absolute atomic E-state index is 13.1. The quantitative estimate of drug-likeness (QED) is 0.613. The Bertz CT molecular complexity index is 1140. The van der Waals surface area contributed by atoms with Crippen LogP contribution < -0.4 is 10.1 Å². The molecule has 1 amide bonds. The van der Waals surface area contributed by atoms with Gasteiger partial charge in [0.15, 0.2) is 0 Å². The highest BCUT2D eigenvalue weighted by Gasteiger charge is 2.37. The van der Waals surface area contributed by atoms with E-state index in [4.69, 9.17) is 9.47 Å². The van der Waals surface area contributed by atoms with Crippen molar-refractivity contribution in [2.24, 2.45) is 0 Å². The predicted octanol–water partition coefficient (Wildman–Crippen LogP) is 4.01.